The third kappa shape index (κ3) is 3.18. The van der Waals surface area contributed by atoms with Crippen LogP contribution in [-0.2, 0) is 0 Å². The number of carbonyl (C=O) groups excluding carboxylic acids is 1. The van der Waals surface area contributed by atoms with Crippen LogP contribution in [0.1, 0.15) is 26.2 Å². The fraction of sp³-hybridized carbons (Fsp3) is 0.900. The Morgan fingerprint density at radius 2 is 2.29 bits per heavy atom. The fourth-order valence-electron chi connectivity index (χ4n) is 1.87. The first-order valence-electron chi connectivity index (χ1n) is 5.50. The highest BCUT2D eigenvalue weighted by atomic mass is 16.2. The molecule has 4 heteroatoms. The SMILES string of the molecule is CCNC(=O)N1CCCC(CN)CC1. The van der Waals surface area contributed by atoms with Gasteiger partial charge < -0.3 is 16.0 Å². The van der Waals surface area contributed by atoms with E-state index < -0.39 is 0 Å². The second-order valence-electron chi connectivity index (χ2n) is 3.86. The first-order chi connectivity index (χ1) is 6.77. The number of nitrogens with zero attached hydrogens (tertiary/aromatic N) is 1. The predicted octanol–water partition coefficient (Wildman–Crippen LogP) is 0.777. The standard InChI is InChI=1S/C10H21N3O/c1-2-12-10(14)13-6-3-4-9(8-11)5-7-13/h9H,2-8,11H2,1H3,(H,12,14). The Morgan fingerprint density at radius 3 is 2.93 bits per heavy atom. The Kier molecular flexibility index (Phi) is 4.73. The van der Waals surface area contributed by atoms with E-state index in [2.05, 4.69) is 5.32 Å². The number of nitrogens with two attached hydrogens (primary N) is 1. The van der Waals surface area contributed by atoms with Crippen LogP contribution in [0.3, 0.4) is 0 Å². The smallest absolute Gasteiger partial charge is 0.317 e. The van der Waals surface area contributed by atoms with Crippen molar-refractivity contribution in [2.45, 2.75) is 26.2 Å². The Bertz CT molecular complexity index is 184. The lowest BCUT2D eigenvalue weighted by Gasteiger charge is -2.20. The highest BCUT2D eigenvalue weighted by molar-refractivity contribution is 5.74. The third-order valence-electron chi connectivity index (χ3n) is 2.80. The molecule has 1 fully saturated rings. The maximum atomic E-state index is 11.5. The molecule has 14 heavy (non-hydrogen) atoms. The molecule has 1 aliphatic heterocycles. The van der Waals surface area contributed by atoms with Gasteiger partial charge >= 0.3 is 6.03 Å². The van der Waals surface area contributed by atoms with Gasteiger partial charge in [-0.2, -0.15) is 0 Å². The topological polar surface area (TPSA) is 58.4 Å². The van der Waals surface area contributed by atoms with E-state index in [1.54, 1.807) is 0 Å². The number of likely N-dealkylation sites (tertiary alicyclic amines) is 1. The van der Waals surface area contributed by atoms with E-state index in [4.69, 9.17) is 5.73 Å². The number of amides is 2. The number of urea groups is 1. The van der Waals surface area contributed by atoms with Gasteiger partial charge in [0.2, 0.25) is 0 Å². The molecule has 0 radical (unpaired) electrons. The summed E-state index contributed by atoms with van der Waals surface area (Å²) in [7, 11) is 0. The van der Waals surface area contributed by atoms with Crippen molar-refractivity contribution in [1.82, 2.24) is 10.2 Å². The van der Waals surface area contributed by atoms with E-state index >= 15 is 0 Å². The number of carbonyl (C=O) groups is 1. The summed E-state index contributed by atoms with van der Waals surface area (Å²) in [6, 6.07) is 0.0742. The van der Waals surface area contributed by atoms with Crippen LogP contribution in [0, 0.1) is 5.92 Å². The highest BCUT2D eigenvalue weighted by Gasteiger charge is 2.18. The molecule has 82 valence electrons. The summed E-state index contributed by atoms with van der Waals surface area (Å²) in [5, 5.41) is 2.83. The summed E-state index contributed by atoms with van der Waals surface area (Å²) < 4.78 is 0. The Morgan fingerprint density at radius 1 is 1.50 bits per heavy atom. The van der Waals surface area contributed by atoms with Crippen molar-refractivity contribution in [3.8, 4) is 0 Å². The van der Waals surface area contributed by atoms with Crippen molar-refractivity contribution in [2.24, 2.45) is 11.7 Å². The molecule has 0 aromatic carbocycles. The van der Waals surface area contributed by atoms with Crippen molar-refractivity contribution in [3.63, 3.8) is 0 Å². The lowest BCUT2D eigenvalue weighted by Crippen LogP contribution is -2.40. The zero-order chi connectivity index (χ0) is 10.4. The molecular formula is C10H21N3O. The summed E-state index contributed by atoms with van der Waals surface area (Å²) in [5.74, 6) is 0.606. The third-order valence-corrected chi connectivity index (χ3v) is 2.80. The van der Waals surface area contributed by atoms with Crippen LogP contribution < -0.4 is 11.1 Å². The average molecular weight is 199 g/mol. The van der Waals surface area contributed by atoms with Crippen LogP contribution in [-0.4, -0.2) is 37.1 Å². The summed E-state index contributed by atoms with van der Waals surface area (Å²) in [5.41, 5.74) is 5.63. The van der Waals surface area contributed by atoms with Gasteiger partial charge in [-0.05, 0) is 38.6 Å². The zero-order valence-electron chi connectivity index (χ0n) is 8.96. The Hall–Kier alpha value is -0.770. The van der Waals surface area contributed by atoms with Crippen molar-refractivity contribution in [1.29, 1.82) is 0 Å². The zero-order valence-corrected chi connectivity index (χ0v) is 8.96. The summed E-state index contributed by atoms with van der Waals surface area (Å²) >= 11 is 0. The molecule has 0 saturated carbocycles. The molecule has 0 aliphatic carbocycles. The Labute approximate surface area is 85.8 Å². The molecule has 1 rings (SSSR count). The van der Waals surface area contributed by atoms with Gasteiger partial charge in [-0.3, -0.25) is 0 Å². The quantitative estimate of drug-likeness (QED) is 0.690. The second-order valence-corrected chi connectivity index (χ2v) is 3.86. The number of hydrogen-bond acceptors (Lipinski definition) is 2. The van der Waals surface area contributed by atoms with Crippen LogP contribution in [0.2, 0.25) is 0 Å². The normalized spacial score (nSPS) is 23.0. The molecule has 1 saturated heterocycles. The second kappa shape index (κ2) is 5.86. The minimum absolute atomic E-state index is 0.0742. The van der Waals surface area contributed by atoms with Crippen LogP contribution >= 0.6 is 0 Å². The monoisotopic (exact) mass is 199 g/mol. The molecule has 0 spiro atoms. The van der Waals surface area contributed by atoms with Gasteiger partial charge in [0, 0.05) is 19.6 Å². The van der Waals surface area contributed by atoms with Gasteiger partial charge in [0.1, 0.15) is 0 Å². The molecule has 2 amide bonds. The molecule has 1 unspecified atom stereocenters. The van der Waals surface area contributed by atoms with E-state index in [1.807, 2.05) is 11.8 Å². The van der Waals surface area contributed by atoms with Gasteiger partial charge in [0.25, 0.3) is 0 Å². The molecule has 1 heterocycles. The van der Waals surface area contributed by atoms with Gasteiger partial charge in [-0.15, -0.1) is 0 Å². The van der Waals surface area contributed by atoms with Gasteiger partial charge in [-0.1, -0.05) is 0 Å². The summed E-state index contributed by atoms with van der Waals surface area (Å²) in [6.45, 7) is 5.13. The Balaban J connectivity index is 2.37. The van der Waals surface area contributed by atoms with Crippen LogP contribution in [0.5, 0.6) is 0 Å². The molecule has 1 aliphatic rings. The van der Waals surface area contributed by atoms with E-state index in [9.17, 15) is 4.79 Å². The van der Waals surface area contributed by atoms with Crippen molar-refractivity contribution >= 4 is 6.03 Å². The lowest BCUT2D eigenvalue weighted by molar-refractivity contribution is 0.200. The first-order valence-corrected chi connectivity index (χ1v) is 5.50. The lowest BCUT2D eigenvalue weighted by atomic mass is 10.0. The molecule has 0 bridgehead atoms. The maximum Gasteiger partial charge on any atom is 0.317 e. The van der Waals surface area contributed by atoms with E-state index in [1.165, 1.54) is 0 Å². The van der Waals surface area contributed by atoms with Crippen molar-refractivity contribution in [2.75, 3.05) is 26.2 Å². The summed E-state index contributed by atoms with van der Waals surface area (Å²) in [4.78, 5) is 13.4. The first kappa shape index (κ1) is 11.3. The number of nitrogens with one attached hydrogen (secondary N) is 1. The molecule has 3 N–H and O–H groups in total. The van der Waals surface area contributed by atoms with Crippen molar-refractivity contribution < 1.29 is 4.79 Å². The highest BCUT2D eigenvalue weighted by Crippen LogP contribution is 2.15. The molecule has 4 nitrogen and oxygen atoms in total. The number of hydrogen-bond donors (Lipinski definition) is 2. The molecule has 0 aromatic heterocycles. The summed E-state index contributed by atoms with van der Waals surface area (Å²) in [6.07, 6.45) is 3.29. The van der Waals surface area contributed by atoms with E-state index in [-0.39, 0.29) is 6.03 Å². The van der Waals surface area contributed by atoms with Crippen molar-refractivity contribution in [3.05, 3.63) is 0 Å². The van der Waals surface area contributed by atoms with Gasteiger partial charge in [0.05, 0.1) is 0 Å². The predicted molar refractivity (Wildman–Crippen MR) is 57.0 cm³/mol. The van der Waals surface area contributed by atoms with E-state index in [0.29, 0.717) is 12.5 Å². The van der Waals surface area contributed by atoms with Gasteiger partial charge in [-0.25, -0.2) is 4.79 Å². The minimum atomic E-state index is 0.0742. The van der Waals surface area contributed by atoms with E-state index in [0.717, 1.165) is 38.9 Å². The fourth-order valence-corrected chi connectivity index (χ4v) is 1.87. The van der Waals surface area contributed by atoms with Crippen LogP contribution in [0.15, 0.2) is 0 Å². The van der Waals surface area contributed by atoms with Crippen LogP contribution in [0.4, 0.5) is 4.79 Å². The largest absolute Gasteiger partial charge is 0.338 e. The molecular weight excluding hydrogens is 178 g/mol. The van der Waals surface area contributed by atoms with Gasteiger partial charge in [0.15, 0.2) is 0 Å². The molecule has 0 aromatic rings. The van der Waals surface area contributed by atoms with Crippen LogP contribution in [0.25, 0.3) is 0 Å². The number of rotatable bonds is 2. The molecule has 1 atom stereocenters. The average Bonchev–Trinajstić information content (AvgIpc) is 2.42. The minimum Gasteiger partial charge on any atom is -0.338 e. The maximum absolute atomic E-state index is 11.5.